The molecule has 0 aromatic heterocycles. The predicted octanol–water partition coefficient (Wildman–Crippen LogP) is 2.80. The summed E-state index contributed by atoms with van der Waals surface area (Å²) in [5, 5.41) is 6.98. The maximum absolute atomic E-state index is 5.36. The van der Waals surface area contributed by atoms with Crippen LogP contribution in [0.1, 0.15) is 13.8 Å². The third-order valence-corrected chi connectivity index (χ3v) is 3.28. The van der Waals surface area contributed by atoms with Crippen molar-refractivity contribution in [1.82, 2.24) is 0 Å². The summed E-state index contributed by atoms with van der Waals surface area (Å²) in [5.74, 6) is 2.24. The molecule has 2 N–H and O–H groups in total. The molecule has 1 aliphatic heterocycles. The fraction of sp³-hybridized carbons (Fsp3) is 0.538. The second-order valence-electron chi connectivity index (χ2n) is 4.65. The van der Waals surface area contributed by atoms with E-state index < -0.39 is 0 Å². The molecule has 3 nitrogen and oxygen atoms in total. The Bertz CT molecular complexity index is 363. The van der Waals surface area contributed by atoms with Crippen LogP contribution in [0.4, 0.5) is 11.4 Å². The fourth-order valence-electron chi connectivity index (χ4n) is 2.05. The van der Waals surface area contributed by atoms with Gasteiger partial charge in [-0.2, -0.15) is 0 Å². The molecule has 0 fully saturated rings. The van der Waals surface area contributed by atoms with Crippen LogP contribution in [0.2, 0.25) is 0 Å². The molecule has 2 rings (SSSR count). The number of methoxy groups -OCH3 is 1. The summed E-state index contributed by atoms with van der Waals surface area (Å²) in [7, 11) is 1.71. The topological polar surface area (TPSA) is 33.3 Å². The normalized spacial score (nSPS) is 19.4. The molecule has 88 valence electrons. The first-order valence-corrected chi connectivity index (χ1v) is 5.87. The molecule has 0 saturated carbocycles. The largest absolute Gasteiger partial charge is 0.495 e. The molecule has 0 spiro atoms. The van der Waals surface area contributed by atoms with Crippen molar-refractivity contribution in [2.24, 2.45) is 11.8 Å². The lowest BCUT2D eigenvalue weighted by molar-refractivity contribution is 0.413. The van der Waals surface area contributed by atoms with Crippen LogP contribution in [-0.2, 0) is 0 Å². The van der Waals surface area contributed by atoms with E-state index in [1.807, 2.05) is 12.1 Å². The molecule has 0 radical (unpaired) electrons. The lowest BCUT2D eigenvalue weighted by Crippen LogP contribution is -2.23. The first kappa shape index (κ1) is 11.1. The number of hydrogen-bond acceptors (Lipinski definition) is 3. The van der Waals surface area contributed by atoms with E-state index in [0.29, 0.717) is 11.8 Å². The molecule has 0 aliphatic carbocycles. The Balaban J connectivity index is 2.23. The lowest BCUT2D eigenvalue weighted by atomic mass is 9.96. The fourth-order valence-corrected chi connectivity index (χ4v) is 2.05. The number of fused-ring (bicyclic) bond motifs is 1. The highest BCUT2D eigenvalue weighted by Gasteiger charge is 2.19. The van der Waals surface area contributed by atoms with Gasteiger partial charge in [-0.1, -0.05) is 19.9 Å². The molecule has 0 saturated heterocycles. The van der Waals surface area contributed by atoms with Crippen molar-refractivity contribution in [3.63, 3.8) is 0 Å². The number of para-hydroxylation sites is 1. The third kappa shape index (κ3) is 2.08. The highest BCUT2D eigenvalue weighted by Crippen LogP contribution is 2.34. The summed E-state index contributed by atoms with van der Waals surface area (Å²) in [6, 6.07) is 6.10. The number of anilines is 2. The van der Waals surface area contributed by atoms with Gasteiger partial charge in [0.1, 0.15) is 11.4 Å². The zero-order valence-electron chi connectivity index (χ0n) is 10.2. The summed E-state index contributed by atoms with van der Waals surface area (Å²) in [6.45, 7) is 6.55. The second kappa shape index (κ2) is 4.64. The molecular formula is C13H20N2O. The molecular weight excluding hydrogens is 200 g/mol. The number of rotatable bonds is 2. The van der Waals surface area contributed by atoms with Crippen molar-refractivity contribution in [3.05, 3.63) is 18.2 Å². The van der Waals surface area contributed by atoms with Crippen LogP contribution < -0.4 is 15.4 Å². The molecule has 1 heterocycles. The third-order valence-electron chi connectivity index (χ3n) is 3.28. The van der Waals surface area contributed by atoms with Crippen molar-refractivity contribution in [1.29, 1.82) is 0 Å². The van der Waals surface area contributed by atoms with Gasteiger partial charge >= 0.3 is 0 Å². The van der Waals surface area contributed by atoms with Crippen molar-refractivity contribution in [3.8, 4) is 5.75 Å². The Hall–Kier alpha value is -1.38. The summed E-state index contributed by atoms with van der Waals surface area (Å²) < 4.78 is 5.36. The average Bonchev–Trinajstić information content (AvgIpc) is 2.50. The maximum atomic E-state index is 5.36. The van der Waals surface area contributed by atoms with E-state index >= 15 is 0 Å². The van der Waals surface area contributed by atoms with Gasteiger partial charge in [-0.15, -0.1) is 0 Å². The summed E-state index contributed by atoms with van der Waals surface area (Å²) >= 11 is 0. The van der Waals surface area contributed by atoms with Gasteiger partial charge in [0.2, 0.25) is 0 Å². The number of benzene rings is 1. The van der Waals surface area contributed by atoms with E-state index in [9.17, 15) is 0 Å². The van der Waals surface area contributed by atoms with Gasteiger partial charge in [0.25, 0.3) is 0 Å². The van der Waals surface area contributed by atoms with E-state index in [-0.39, 0.29) is 0 Å². The molecule has 1 aliphatic rings. The Labute approximate surface area is 97.2 Å². The first-order chi connectivity index (χ1) is 7.72. The predicted molar refractivity (Wildman–Crippen MR) is 68.3 cm³/mol. The van der Waals surface area contributed by atoms with Crippen molar-refractivity contribution < 1.29 is 4.74 Å². The summed E-state index contributed by atoms with van der Waals surface area (Å²) in [5.41, 5.74) is 2.23. The molecule has 1 aromatic rings. The van der Waals surface area contributed by atoms with E-state index in [0.717, 1.165) is 30.2 Å². The number of nitrogens with one attached hydrogen (secondary N) is 2. The van der Waals surface area contributed by atoms with E-state index in [4.69, 9.17) is 4.74 Å². The summed E-state index contributed by atoms with van der Waals surface area (Å²) in [6.07, 6.45) is 0. The maximum Gasteiger partial charge on any atom is 0.144 e. The van der Waals surface area contributed by atoms with Gasteiger partial charge in [0, 0.05) is 13.1 Å². The number of hydrogen-bond donors (Lipinski definition) is 2. The quantitative estimate of drug-likeness (QED) is 0.804. The lowest BCUT2D eigenvalue weighted by Gasteiger charge is -2.18. The molecule has 1 unspecified atom stereocenters. The Kier molecular flexibility index (Phi) is 3.22. The minimum Gasteiger partial charge on any atom is -0.495 e. The minimum atomic E-state index is 0.650. The SMILES string of the molecule is COc1cccc2c1NCC(C(C)C)CN2. The average molecular weight is 220 g/mol. The van der Waals surface area contributed by atoms with Crippen LogP contribution in [0.5, 0.6) is 5.75 Å². The molecule has 1 atom stereocenters. The standard InChI is InChI=1S/C13H20N2O/c1-9(2)10-7-14-11-5-4-6-12(16-3)13(11)15-8-10/h4-6,9-10,14-15H,7-8H2,1-3H3. The summed E-state index contributed by atoms with van der Waals surface area (Å²) in [4.78, 5) is 0. The van der Waals surface area contributed by atoms with E-state index in [1.165, 1.54) is 0 Å². The van der Waals surface area contributed by atoms with Crippen LogP contribution in [0.25, 0.3) is 0 Å². The second-order valence-corrected chi connectivity index (χ2v) is 4.65. The Morgan fingerprint density at radius 1 is 1.25 bits per heavy atom. The van der Waals surface area contributed by atoms with Gasteiger partial charge in [0.05, 0.1) is 12.8 Å². The monoisotopic (exact) mass is 220 g/mol. The smallest absolute Gasteiger partial charge is 0.144 e. The Morgan fingerprint density at radius 2 is 2.00 bits per heavy atom. The molecule has 0 amide bonds. The van der Waals surface area contributed by atoms with Crippen LogP contribution in [0.3, 0.4) is 0 Å². The van der Waals surface area contributed by atoms with Crippen molar-refractivity contribution in [2.75, 3.05) is 30.8 Å². The van der Waals surface area contributed by atoms with Crippen LogP contribution in [0, 0.1) is 11.8 Å². The van der Waals surface area contributed by atoms with Gasteiger partial charge < -0.3 is 15.4 Å². The van der Waals surface area contributed by atoms with Crippen LogP contribution in [0.15, 0.2) is 18.2 Å². The van der Waals surface area contributed by atoms with E-state index in [1.54, 1.807) is 7.11 Å². The van der Waals surface area contributed by atoms with Crippen LogP contribution >= 0.6 is 0 Å². The highest BCUT2D eigenvalue weighted by molar-refractivity contribution is 5.76. The van der Waals surface area contributed by atoms with Crippen LogP contribution in [-0.4, -0.2) is 20.2 Å². The highest BCUT2D eigenvalue weighted by atomic mass is 16.5. The van der Waals surface area contributed by atoms with Crippen molar-refractivity contribution >= 4 is 11.4 Å². The molecule has 1 aromatic carbocycles. The van der Waals surface area contributed by atoms with Gasteiger partial charge in [-0.25, -0.2) is 0 Å². The molecule has 16 heavy (non-hydrogen) atoms. The van der Waals surface area contributed by atoms with Crippen molar-refractivity contribution in [2.45, 2.75) is 13.8 Å². The zero-order chi connectivity index (χ0) is 11.5. The minimum absolute atomic E-state index is 0.650. The van der Waals surface area contributed by atoms with Gasteiger partial charge in [-0.05, 0) is 24.0 Å². The van der Waals surface area contributed by atoms with Gasteiger partial charge in [0.15, 0.2) is 0 Å². The molecule has 0 bridgehead atoms. The molecule has 3 heteroatoms. The number of ether oxygens (including phenoxy) is 1. The first-order valence-electron chi connectivity index (χ1n) is 5.87. The van der Waals surface area contributed by atoms with Gasteiger partial charge in [-0.3, -0.25) is 0 Å². The zero-order valence-corrected chi connectivity index (χ0v) is 10.2. The van der Waals surface area contributed by atoms with E-state index in [2.05, 4.69) is 30.5 Å². The Morgan fingerprint density at radius 3 is 2.69 bits per heavy atom.